The van der Waals surface area contributed by atoms with Gasteiger partial charge in [0.15, 0.2) is 0 Å². The molecule has 0 unspecified atom stereocenters. The number of aryl methyl sites for hydroxylation is 1. The number of rotatable bonds is 8. The highest BCUT2D eigenvalue weighted by molar-refractivity contribution is 6.46. The Labute approximate surface area is 206 Å². The van der Waals surface area contributed by atoms with E-state index < -0.39 is 17.7 Å². The number of benzene rings is 1. The van der Waals surface area contributed by atoms with Crippen molar-refractivity contribution in [2.45, 2.75) is 26.8 Å². The van der Waals surface area contributed by atoms with Crippen molar-refractivity contribution in [3.63, 3.8) is 0 Å². The van der Waals surface area contributed by atoms with Crippen LogP contribution in [0.15, 0.2) is 48.3 Å². The van der Waals surface area contributed by atoms with E-state index in [9.17, 15) is 14.7 Å². The molecule has 1 atom stereocenters. The molecule has 1 amide bonds. The number of aliphatic hydroxyl groups excluding tert-OH is 1. The van der Waals surface area contributed by atoms with Crippen LogP contribution >= 0.6 is 0 Å². The molecule has 3 heterocycles. The van der Waals surface area contributed by atoms with Crippen molar-refractivity contribution in [2.24, 2.45) is 5.92 Å². The van der Waals surface area contributed by atoms with Gasteiger partial charge in [0, 0.05) is 44.1 Å². The highest BCUT2D eigenvalue weighted by atomic mass is 16.5. The number of aliphatic hydroxyl groups is 1. The maximum Gasteiger partial charge on any atom is 0.295 e. The Kier molecular flexibility index (Phi) is 7.83. The third kappa shape index (κ3) is 5.55. The first kappa shape index (κ1) is 24.9. The summed E-state index contributed by atoms with van der Waals surface area (Å²) in [5.74, 6) is -0.372. The maximum atomic E-state index is 13.2. The summed E-state index contributed by atoms with van der Waals surface area (Å²) in [5.41, 5.74) is 2.08. The molecule has 8 heteroatoms. The minimum atomic E-state index is -0.707. The van der Waals surface area contributed by atoms with Crippen LogP contribution in [0, 0.1) is 12.8 Å². The van der Waals surface area contributed by atoms with Crippen LogP contribution in [0.4, 0.5) is 0 Å². The number of morpholine rings is 1. The fraction of sp³-hybridized carbons (Fsp3) is 0.444. The molecule has 4 rings (SSSR count). The molecule has 8 nitrogen and oxygen atoms in total. The second-order valence-electron chi connectivity index (χ2n) is 9.42. The SMILES string of the molecule is Cc1cc(/C(O)=C2\C(=O)C(=O)N(CCN3CCOCC3)[C@@H]2c2cccnc2)ccc1OCC(C)C. The molecule has 2 aliphatic rings. The molecule has 0 radical (unpaired) electrons. The molecule has 2 saturated heterocycles. The Hall–Kier alpha value is -3.23. The van der Waals surface area contributed by atoms with Crippen molar-refractivity contribution in [1.82, 2.24) is 14.8 Å². The monoisotopic (exact) mass is 479 g/mol. The van der Waals surface area contributed by atoms with Crippen LogP contribution in [0.5, 0.6) is 5.75 Å². The zero-order valence-electron chi connectivity index (χ0n) is 20.6. The molecule has 186 valence electrons. The summed E-state index contributed by atoms with van der Waals surface area (Å²) < 4.78 is 11.3. The molecule has 2 fully saturated rings. The standard InChI is InChI=1S/C27H33N3O5/c1-18(2)17-35-22-7-6-20(15-19(22)3)25(31)23-24(21-5-4-8-28-16-21)30(27(33)26(23)32)10-9-29-11-13-34-14-12-29/h4-8,15-16,18,24,31H,9-14,17H2,1-3H3/b25-23+/t24-/m1/s1. The fourth-order valence-electron chi connectivity index (χ4n) is 4.44. The number of amides is 1. The Balaban J connectivity index is 1.67. The van der Waals surface area contributed by atoms with Crippen LogP contribution in [0.25, 0.3) is 5.76 Å². The highest BCUT2D eigenvalue weighted by Crippen LogP contribution is 2.39. The quantitative estimate of drug-likeness (QED) is 0.353. The average Bonchev–Trinajstić information content (AvgIpc) is 3.12. The van der Waals surface area contributed by atoms with E-state index in [2.05, 4.69) is 23.7 Å². The molecule has 0 spiro atoms. The third-order valence-corrected chi connectivity index (χ3v) is 6.32. The first-order valence-corrected chi connectivity index (χ1v) is 12.1. The number of carbonyl (C=O) groups excluding carboxylic acids is 2. The van der Waals surface area contributed by atoms with Crippen LogP contribution in [0.1, 0.15) is 36.6 Å². The van der Waals surface area contributed by atoms with E-state index >= 15 is 0 Å². The van der Waals surface area contributed by atoms with E-state index in [0.717, 1.165) is 24.4 Å². The van der Waals surface area contributed by atoms with E-state index in [1.165, 1.54) is 0 Å². The zero-order chi connectivity index (χ0) is 24.9. The van der Waals surface area contributed by atoms with Crippen LogP contribution in [0.3, 0.4) is 0 Å². The van der Waals surface area contributed by atoms with Gasteiger partial charge >= 0.3 is 0 Å². The lowest BCUT2D eigenvalue weighted by molar-refractivity contribution is -0.140. The summed E-state index contributed by atoms with van der Waals surface area (Å²) >= 11 is 0. The van der Waals surface area contributed by atoms with Gasteiger partial charge in [-0.2, -0.15) is 0 Å². The molecule has 1 aromatic heterocycles. The van der Waals surface area contributed by atoms with Crippen molar-refractivity contribution in [1.29, 1.82) is 0 Å². The van der Waals surface area contributed by atoms with E-state index in [-0.39, 0.29) is 11.3 Å². The van der Waals surface area contributed by atoms with Gasteiger partial charge in [-0.25, -0.2) is 0 Å². The second kappa shape index (κ2) is 11.0. The van der Waals surface area contributed by atoms with Crippen LogP contribution in [-0.2, 0) is 14.3 Å². The Morgan fingerprint density at radius 1 is 1.20 bits per heavy atom. The molecular weight excluding hydrogens is 446 g/mol. The van der Waals surface area contributed by atoms with Gasteiger partial charge in [-0.05, 0) is 48.2 Å². The topological polar surface area (TPSA) is 92.2 Å². The summed E-state index contributed by atoms with van der Waals surface area (Å²) in [7, 11) is 0. The third-order valence-electron chi connectivity index (χ3n) is 6.32. The first-order valence-electron chi connectivity index (χ1n) is 12.1. The van der Waals surface area contributed by atoms with Crippen LogP contribution in [-0.4, -0.2) is 77.6 Å². The normalized spacial score (nSPS) is 20.6. The van der Waals surface area contributed by atoms with Gasteiger partial charge in [-0.1, -0.05) is 19.9 Å². The van der Waals surface area contributed by atoms with Gasteiger partial charge < -0.3 is 19.5 Å². The predicted octanol–water partition coefficient (Wildman–Crippen LogP) is 3.18. The molecule has 0 bridgehead atoms. The Morgan fingerprint density at radius 2 is 1.97 bits per heavy atom. The average molecular weight is 480 g/mol. The van der Waals surface area contributed by atoms with Gasteiger partial charge in [-0.15, -0.1) is 0 Å². The maximum absolute atomic E-state index is 13.2. The van der Waals surface area contributed by atoms with E-state index in [4.69, 9.17) is 9.47 Å². The summed E-state index contributed by atoms with van der Waals surface area (Å²) in [5, 5.41) is 11.3. The van der Waals surface area contributed by atoms with E-state index in [1.54, 1.807) is 41.6 Å². The Morgan fingerprint density at radius 3 is 2.63 bits per heavy atom. The smallest absolute Gasteiger partial charge is 0.295 e. The number of ketones is 1. The minimum absolute atomic E-state index is 0.0835. The number of nitrogens with zero attached hydrogens (tertiary/aromatic N) is 3. The summed E-state index contributed by atoms with van der Waals surface area (Å²) in [4.78, 5) is 34.3. The molecule has 0 aliphatic carbocycles. The molecule has 1 N–H and O–H groups in total. The molecule has 1 aromatic carbocycles. The van der Waals surface area contributed by atoms with Gasteiger partial charge in [0.05, 0.1) is 31.4 Å². The second-order valence-corrected chi connectivity index (χ2v) is 9.42. The lowest BCUT2D eigenvalue weighted by atomic mass is 9.95. The van der Waals surface area contributed by atoms with Gasteiger partial charge in [0.1, 0.15) is 11.5 Å². The van der Waals surface area contributed by atoms with Crippen molar-refractivity contribution in [3.8, 4) is 5.75 Å². The minimum Gasteiger partial charge on any atom is -0.507 e. The van der Waals surface area contributed by atoms with Crippen LogP contribution < -0.4 is 4.74 Å². The molecular formula is C27H33N3O5. The van der Waals surface area contributed by atoms with Crippen molar-refractivity contribution in [3.05, 3.63) is 65.0 Å². The first-order chi connectivity index (χ1) is 16.9. The lowest BCUT2D eigenvalue weighted by Crippen LogP contribution is -2.42. The van der Waals surface area contributed by atoms with E-state index in [0.29, 0.717) is 50.0 Å². The van der Waals surface area contributed by atoms with Crippen molar-refractivity contribution >= 4 is 17.4 Å². The number of hydrogen-bond acceptors (Lipinski definition) is 7. The number of aromatic nitrogens is 1. The van der Waals surface area contributed by atoms with E-state index in [1.807, 2.05) is 13.0 Å². The number of likely N-dealkylation sites (tertiary alicyclic amines) is 1. The Bertz CT molecular complexity index is 1090. The molecule has 2 aromatic rings. The van der Waals surface area contributed by atoms with Crippen molar-refractivity contribution in [2.75, 3.05) is 46.0 Å². The largest absolute Gasteiger partial charge is 0.507 e. The lowest BCUT2D eigenvalue weighted by Gasteiger charge is -2.30. The van der Waals surface area contributed by atoms with Crippen molar-refractivity contribution < 1.29 is 24.2 Å². The molecule has 2 aliphatic heterocycles. The number of hydrogen-bond donors (Lipinski definition) is 1. The summed E-state index contributed by atoms with van der Waals surface area (Å²) in [6.07, 6.45) is 3.28. The number of ether oxygens (including phenoxy) is 2. The number of pyridine rings is 1. The fourth-order valence-corrected chi connectivity index (χ4v) is 4.44. The van der Waals surface area contributed by atoms with Crippen LogP contribution in [0.2, 0.25) is 0 Å². The number of Topliss-reactive ketones (excluding diaryl/α,β-unsaturated/α-hetero) is 1. The molecule has 0 saturated carbocycles. The summed E-state index contributed by atoms with van der Waals surface area (Å²) in [6.45, 7) is 10.5. The zero-order valence-corrected chi connectivity index (χ0v) is 20.6. The predicted molar refractivity (Wildman–Crippen MR) is 132 cm³/mol. The van der Waals surface area contributed by atoms with Gasteiger partial charge in [0.2, 0.25) is 0 Å². The summed E-state index contributed by atoms with van der Waals surface area (Å²) in [6, 6.07) is 8.18. The van der Waals surface area contributed by atoms with Gasteiger partial charge in [0.25, 0.3) is 11.7 Å². The molecule has 35 heavy (non-hydrogen) atoms. The number of carbonyl (C=O) groups is 2. The highest BCUT2D eigenvalue weighted by Gasteiger charge is 2.46. The van der Waals surface area contributed by atoms with Gasteiger partial charge in [-0.3, -0.25) is 19.5 Å².